The van der Waals surface area contributed by atoms with Gasteiger partial charge in [-0.05, 0) is 49.4 Å². The maximum absolute atomic E-state index is 5.66. The highest BCUT2D eigenvalue weighted by Crippen LogP contribution is 2.18. The van der Waals surface area contributed by atoms with E-state index in [4.69, 9.17) is 12.2 Å². The number of hydrogen-bond acceptors (Lipinski definition) is 4. The monoisotopic (exact) mass is 381 g/mol. The van der Waals surface area contributed by atoms with Gasteiger partial charge in [0.2, 0.25) is 0 Å². The first-order valence-corrected chi connectivity index (χ1v) is 9.50. The number of benzene rings is 2. The Bertz CT molecular complexity index is 912. The zero-order valence-corrected chi connectivity index (χ0v) is 17.2. The molecule has 5 nitrogen and oxygen atoms in total. The van der Waals surface area contributed by atoms with Crippen LogP contribution in [0.15, 0.2) is 60.9 Å². The Hall–Kier alpha value is -2.44. The number of nitrogens with zero attached hydrogens (tertiary/aromatic N) is 5. The molecule has 1 aromatic heterocycles. The van der Waals surface area contributed by atoms with Crippen molar-refractivity contribution in [3.8, 4) is 0 Å². The molecule has 0 saturated carbocycles. The topological polar surface area (TPSA) is 29.2 Å². The first-order valence-electron chi connectivity index (χ1n) is 9.09. The lowest BCUT2D eigenvalue weighted by Crippen LogP contribution is -2.23. The molecule has 6 heteroatoms. The van der Waals surface area contributed by atoms with Gasteiger partial charge in [-0.15, -0.1) is 0 Å². The summed E-state index contributed by atoms with van der Waals surface area (Å²) in [5.74, 6) is 0. The van der Waals surface area contributed by atoms with E-state index in [2.05, 4.69) is 91.5 Å². The van der Waals surface area contributed by atoms with E-state index < -0.39 is 0 Å². The normalized spacial score (nSPS) is 12.3. The maximum atomic E-state index is 5.66. The molecule has 0 aliphatic carbocycles. The number of aromatic nitrogens is 3. The molecule has 27 heavy (non-hydrogen) atoms. The first kappa shape index (κ1) is 19.3. The van der Waals surface area contributed by atoms with Gasteiger partial charge in [-0.3, -0.25) is 9.47 Å². The second-order valence-electron chi connectivity index (χ2n) is 7.12. The molecular formula is C21H27N5S. The highest BCUT2D eigenvalue weighted by molar-refractivity contribution is 7.71. The molecule has 3 aromatic rings. The van der Waals surface area contributed by atoms with E-state index in [0.717, 1.165) is 11.3 Å². The van der Waals surface area contributed by atoms with Crippen LogP contribution in [0.4, 0.5) is 5.69 Å². The first-order chi connectivity index (χ1) is 13.0. The Labute approximate surface area is 166 Å². The quantitative estimate of drug-likeness (QED) is 0.574. The van der Waals surface area contributed by atoms with Gasteiger partial charge in [0.25, 0.3) is 0 Å². The van der Waals surface area contributed by atoms with E-state index in [1.165, 1.54) is 16.8 Å². The van der Waals surface area contributed by atoms with Crippen LogP contribution in [0.2, 0.25) is 0 Å². The van der Waals surface area contributed by atoms with Crippen molar-refractivity contribution in [3.05, 3.63) is 76.8 Å². The van der Waals surface area contributed by atoms with Crippen LogP contribution in [0, 0.1) is 4.77 Å². The van der Waals surface area contributed by atoms with Crippen LogP contribution in [0.1, 0.15) is 24.1 Å². The second-order valence-corrected chi connectivity index (χ2v) is 7.49. The molecule has 0 saturated heterocycles. The molecule has 1 heterocycles. The summed E-state index contributed by atoms with van der Waals surface area (Å²) >= 11 is 5.66. The highest BCUT2D eigenvalue weighted by atomic mass is 32.1. The van der Waals surface area contributed by atoms with Crippen molar-refractivity contribution >= 4 is 17.9 Å². The van der Waals surface area contributed by atoms with E-state index in [0.29, 0.717) is 6.67 Å². The molecule has 0 bridgehead atoms. The summed E-state index contributed by atoms with van der Waals surface area (Å²) in [5, 5.41) is 4.51. The summed E-state index contributed by atoms with van der Waals surface area (Å²) in [5.41, 5.74) is 3.70. The molecule has 2 aromatic carbocycles. The zero-order valence-electron chi connectivity index (χ0n) is 16.4. The highest BCUT2D eigenvalue weighted by Gasteiger charge is 2.12. The minimum atomic E-state index is 0.163. The molecule has 0 radical (unpaired) electrons. The standard InChI is InChI=1S/C21H27N5S/c1-17(19-8-6-5-7-9-19)25-15-22-26(21(25)27)16-24(4)14-18-10-12-20(13-11-18)23(2)3/h5-13,15,17H,14,16H2,1-4H3. The predicted molar refractivity (Wildman–Crippen MR) is 114 cm³/mol. The molecule has 1 atom stereocenters. The lowest BCUT2D eigenvalue weighted by molar-refractivity contribution is 0.243. The van der Waals surface area contributed by atoms with Crippen molar-refractivity contribution in [3.63, 3.8) is 0 Å². The third-order valence-electron chi connectivity index (χ3n) is 4.74. The van der Waals surface area contributed by atoms with Gasteiger partial charge in [-0.25, -0.2) is 4.68 Å². The predicted octanol–water partition coefficient (Wildman–Crippen LogP) is 4.18. The zero-order chi connectivity index (χ0) is 19.4. The smallest absolute Gasteiger partial charge is 0.199 e. The minimum absolute atomic E-state index is 0.163. The van der Waals surface area contributed by atoms with Crippen molar-refractivity contribution < 1.29 is 0 Å². The van der Waals surface area contributed by atoms with Crippen LogP contribution < -0.4 is 4.90 Å². The van der Waals surface area contributed by atoms with Gasteiger partial charge in [0.15, 0.2) is 4.77 Å². The third kappa shape index (κ3) is 4.64. The van der Waals surface area contributed by atoms with E-state index in [1.807, 2.05) is 21.6 Å². The second kappa shape index (κ2) is 8.50. The summed E-state index contributed by atoms with van der Waals surface area (Å²) in [6.07, 6.45) is 1.83. The molecule has 3 rings (SSSR count). The summed E-state index contributed by atoms with van der Waals surface area (Å²) in [6.45, 7) is 3.65. The SMILES string of the molecule is CC(c1ccccc1)n1cnn(CN(C)Cc2ccc(N(C)C)cc2)c1=S. The molecule has 0 spiro atoms. The van der Waals surface area contributed by atoms with Gasteiger partial charge in [0, 0.05) is 26.3 Å². The Morgan fingerprint density at radius 1 is 1.00 bits per heavy atom. The van der Waals surface area contributed by atoms with Gasteiger partial charge >= 0.3 is 0 Å². The maximum Gasteiger partial charge on any atom is 0.199 e. The number of hydrogen-bond donors (Lipinski definition) is 0. The van der Waals surface area contributed by atoms with Crippen LogP contribution in [0.3, 0.4) is 0 Å². The Morgan fingerprint density at radius 2 is 1.67 bits per heavy atom. The van der Waals surface area contributed by atoms with Crippen molar-refractivity contribution in [2.45, 2.75) is 26.2 Å². The summed E-state index contributed by atoms with van der Waals surface area (Å²) in [6, 6.07) is 19.2. The third-order valence-corrected chi connectivity index (χ3v) is 5.16. The molecule has 142 valence electrons. The Kier molecular flexibility index (Phi) is 6.08. The van der Waals surface area contributed by atoms with E-state index in [-0.39, 0.29) is 6.04 Å². The fourth-order valence-corrected chi connectivity index (χ4v) is 3.40. The molecule has 0 amide bonds. The van der Waals surface area contributed by atoms with Crippen molar-refractivity contribution in [1.82, 2.24) is 19.2 Å². The molecule has 1 unspecified atom stereocenters. The Morgan fingerprint density at radius 3 is 2.30 bits per heavy atom. The van der Waals surface area contributed by atoms with E-state index in [1.54, 1.807) is 0 Å². The minimum Gasteiger partial charge on any atom is -0.378 e. The van der Waals surface area contributed by atoms with Gasteiger partial charge in [0.05, 0.1) is 12.7 Å². The van der Waals surface area contributed by atoms with E-state index in [9.17, 15) is 0 Å². The van der Waals surface area contributed by atoms with Crippen LogP contribution in [0.25, 0.3) is 0 Å². The van der Waals surface area contributed by atoms with Crippen LogP contribution in [-0.2, 0) is 13.2 Å². The van der Waals surface area contributed by atoms with Crippen LogP contribution in [0.5, 0.6) is 0 Å². The lowest BCUT2D eigenvalue weighted by atomic mass is 10.1. The van der Waals surface area contributed by atoms with E-state index >= 15 is 0 Å². The molecule has 0 fully saturated rings. The van der Waals surface area contributed by atoms with Gasteiger partial charge in [-0.2, -0.15) is 5.10 Å². The summed E-state index contributed by atoms with van der Waals surface area (Å²) in [7, 11) is 6.19. The molecule has 0 aliphatic rings. The van der Waals surface area contributed by atoms with Gasteiger partial charge in [-0.1, -0.05) is 42.5 Å². The lowest BCUT2D eigenvalue weighted by Gasteiger charge is -2.18. The largest absolute Gasteiger partial charge is 0.378 e. The fraction of sp³-hybridized carbons (Fsp3) is 0.333. The molecule has 0 aliphatic heterocycles. The van der Waals surface area contributed by atoms with Crippen molar-refractivity contribution in [2.75, 3.05) is 26.0 Å². The van der Waals surface area contributed by atoms with Crippen LogP contribution in [-0.4, -0.2) is 40.4 Å². The van der Waals surface area contributed by atoms with Crippen LogP contribution >= 0.6 is 12.2 Å². The van der Waals surface area contributed by atoms with Gasteiger partial charge < -0.3 is 4.90 Å². The summed E-state index contributed by atoms with van der Waals surface area (Å²) in [4.78, 5) is 4.32. The average Bonchev–Trinajstić information content (AvgIpc) is 3.02. The number of anilines is 1. The average molecular weight is 382 g/mol. The molecular weight excluding hydrogens is 354 g/mol. The van der Waals surface area contributed by atoms with Crippen molar-refractivity contribution in [2.24, 2.45) is 0 Å². The van der Waals surface area contributed by atoms with Crippen molar-refractivity contribution in [1.29, 1.82) is 0 Å². The summed E-state index contributed by atoms with van der Waals surface area (Å²) < 4.78 is 4.66. The molecule has 0 N–H and O–H groups in total. The Balaban J connectivity index is 1.67. The number of rotatable bonds is 7. The van der Waals surface area contributed by atoms with Gasteiger partial charge in [0.1, 0.15) is 6.33 Å². The fourth-order valence-electron chi connectivity index (χ4n) is 3.09.